The highest BCUT2D eigenvalue weighted by molar-refractivity contribution is 6.31. The van der Waals surface area contributed by atoms with Crippen molar-refractivity contribution in [3.63, 3.8) is 0 Å². The minimum absolute atomic E-state index is 0.119. The molecule has 0 saturated heterocycles. The van der Waals surface area contributed by atoms with Crippen LogP contribution in [0.4, 0.5) is 11.5 Å². The molecule has 164 valence electrons. The number of nitrogens with one attached hydrogen (secondary N) is 3. The number of nitrogens with zero attached hydrogens (tertiary/aromatic N) is 2. The zero-order chi connectivity index (χ0) is 22.1. The predicted octanol–water partition coefficient (Wildman–Crippen LogP) is 4.38. The van der Waals surface area contributed by atoms with E-state index in [1.54, 1.807) is 6.07 Å². The number of aromatic nitrogens is 2. The van der Waals surface area contributed by atoms with Gasteiger partial charge >= 0.3 is 0 Å². The molecule has 3 aromatic rings. The van der Waals surface area contributed by atoms with Gasteiger partial charge in [0.15, 0.2) is 5.82 Å². The number of carbonyl (C=O) groups is 2. The molecule has 2 aliphatic rings. The molecule has 0 bridgehead atoms. The van der Waals surface area contributed by atoms with Crippen LogP contribution in [0, 0.1) is 0 Å². The molecule has 1 aliphatic carbocycles. The first-order valence-corrected chi connectivity index (χ1v) is 11.3. The van der Waals surface area contributed by atoms with E-state index in [2.05, 4.69) is 20.9 Å². The fourth-order valence-corrected chi connectivity index (χ4v) is 4.71. The quantitative estimate of drug-likeness (QED) is 0.537. The molecule has 1 saturated carbocycles. The van der Waals surface area contributed by atoms with Gasteiger partial charge in [0, 0.05) is 28.6 Å². The molecule has 0 radical (unpaired) electrons. The number of hydrogen-bond acceptors (Lipinski definition) is 5. The summed E-state index contributed by atoms with van der Waals surface area (Å²) in [6, 6.07) is 13.3. The van der Waals surface area contributed by atoms with Crippen LogP contribution in [0.25, 0.3) is 10.9 Å². The van der Waals surface area contributed by atoms with E-state index in [9.17, 15) is 9.59 Å². The van der Waals surface area contributed by atoms with Crippen molar-refractivity contribution in [3.8, 4) is 0 Å². The van der Waals surface area contributed by atoms with Crippen molar-refractivity contribution in [1.29, 1.82) is 0 Å². The Balaban J connectivity index is 1.38. The third-order valence-corrected chi connectivity index (χ3v) is 6.37. The number of amides is 2. The third kappa shape index (κ3) is 4.25. The average molecular weight is 450 g/mol. The number of hydrogen-bond donors (Lipinski definition) is 3. The molecule has 8 heteroatoms. The topological polar surface area (TPSA) is 96.0 Å². The van der Waals surface area contributed by atoms with Gasteiger partial charge in [-0.25, -0.2) is 9.97 Å². The molecule has 1 aliphatic heterocycles. The predicted molar refractivity (Wildman–Crippen MR) is 125 cm³/mol. The Labute approximate surface area is 191 Å². The Morgan fingerprint density at radius 3 is 2.78 bits per heavy atom. The van der Waals surface area contributed by atoms with Crippen LogP contribution in [0.15, 0.2) is 42.5 Å². The van der Waals surface area contributed by atoms with Gasteiger partial charge in [-0.05, 0) is 42.7 Å². The standard InChI is InChI=1S/C24H24ClN5O2/c25-14-9-10-20-18(11-14)23(27-15-5-1-2-6-15)30-21(28-20)13-26-24(32)17-12-22(31)29-19-8-4-3-7-16(17)19/h3-4,7-11,15,17H,1-2,5-6,12-13H2,(H,26,32)(H,29,31)(H,27,28,30). The van der Waals surface area contributed by atoms with E-state index in [-0.39, 0.29) is 24.8 Å². The van der Waals surface area contributed by atoms with E-state index in [1.807, 2.05) is 36.4 Å². The molecule has 32 heavy (non-hydrogen) atoms. The van der Waals surface area contributed by atoms with Gasteiger partial charge in [0.05, 0.1) is 18.0 Å². The first-order valence-electron chi connectivity index (χ1n) is 11.0. The maximum atomic E-state index is 13.0. The van der Waals surface area contributed by atoms with Crippen LogP contribution in [-0.2, 0) is 16.1 Å². The zero-order valence-corrected chi connectivity index (χ0v) is 18.3. The lowest BCUT2D eigenvalue weighted by molar-refractivity contribution is -0.126. The summed E-state index contributed by atoms with van der Waals surface area (Å²) in [5.74, 6) is 0.358. The van der Waals surface area contributed by atoms with Gasteiger partial charge in [0.2, 0.25) is 11.8 Å². The van der Waals surface area contributed by atoms with E-state index in [1.165, 1.54) is 12.8 Å². The second-order valence-electron chi connectivity index (χ2n) is 8.39. The Kier molecular flexibility index (Phi) is 5.66. The van der Waals surface area contributed by atoms with Gasteiger partial charge in [0.25, 0.3) is 0 Å². The largest absolute Gasteiger partial charge is 0.367 e. The monoisotopic (exact) mass is 449 g/mol. The van der Waals surface area contributed by atoms with Crippen LogP contribution in [0.3, 0.4) is 0 Å². The number of fused-ring (bicyclic) bond motifs is 2. The van der Waals surface area contributed by atoms with Crippen LogP contribution >= 0.6 is 11.6 Å². The Bertz CT molecular complexity index is 1190. The van der Waals surface area contributed by atoms with Crippen molar-refractivity contribution in [1.82, 2.24) is 15.3 Å². The fraction of sp³-hybridized carbons (Fsp3) is 0.333. The molecule has 3 N–H and O–H groups in total. The molecule has 1 fully saturated rings. The molecular formula is C24H24ClN5O2. The van der Waals surface area contributed by atoms with E-state index < -0.39 is 5.92 Å². The van der Waals surface area contributed by atoms with Crippen LogP contribution in [0.2, 0.25) is 5.02 Å². The van der Waals surface area contributed by atoms with Gasteiger partial charge in [0.1, 0.15) is 5.82 Å². The molecule has 5 rings (SSSR count). The smallest absolute Gasteiger partial charge is 0.228 e. The molecule has 1 unspecified atom stereocenters. The number of rotatable bonds is 5. The van der Waals surface area contributed by atoms with Crippen LogP contribution in [0.5, 0.6) is 0 Å². The van der Waals surface area contributed by atoms with Gasteiger partial charge < -0.3 is 16.0 Å². The van der Waals surface area contributed by atoms with Crippen LogP contribution in [-0.4, -0.2) is 27.8 Å². The minimum Gasteiger partial charge on any atom is -0.367 e. The summed E-state index contributed by atoms with van der Waals surface area (Å²) >= 11 is 6.22. The summed E-state index contributed by atoms with van der Waals surface area (Å²) in [5, 5.41) is 10.8. The van der Waals surface area contributed by atoms with Crippen molar-refractivity contribution < 1.29 is 9.59 Å². The molecular weight excluding hydrogens is 426 g/mol. The van der Waals surface area contributed by atoms with Crippen LogP contribution in [0.1, 0.15) is 49.4 Å². The number of halogens is 1. The summed E-state index contributed by atoms with van der Waals surface area (Å²) in [4.78, 5) is 34.4. The second kappa shape index (κ2) is 8.74. The summed E-state index contributed by atoms with van der Waals surface area (Å²) in [7, 11) is 0. The lowest BCUT2D eigenvalue weighted by atomic mass is 9.90. The normalized spacial score (nSPS) is 18.3. The van der Waals surface area contributed by atoms with Gasteiger partial charge in [-0.15, -0.1) is 0 Å². The first kappa shape index (κ1) is 20.7. The maximum Gasteiger partial charge on any atom is 0.228 e. The first-order chi connectivity index (χ1) is 15.6. The average Bonchev–Trinajstić information content (AvgIpc) is 3.30. The molecule has 1 atom stereocenters. The Morgan fingerprint density at radius 1 is 1.12 bits per heavy atom. The summed E-state index contributed by atoms with van der Waals surface area (Å²) in [6.45, 7) is 0.178. The van der Waals surface area contributed by atoms with Gasteiger partial charge in [-0.2, -0.15) is 0 Å². The van der Waals surface area contributed by atoms with E-state index in [4.69, 9.17) is 16.6 Å². The minimum atomic E-state index is -0.532. The number of para-hydroxylation sites is 1. The van der Waals surface area contributed by atoms with Crippen molar-refractivity contribution in [2.45, 2.75) is 50.6 Å². The van der Waals surface area contributed by atoms with Gasteiger partial charge in [-0.1, -0.05) is 42.6 Å². The molecule has 0 spiro atoms. The molecule has 2 aromatic carbocycles. The lowest BCUT2D eigenvalue weighted by Crippen LogP contribution is -2.35. The van der Waals surface area contributed by atoms with Crippen molar-refractivity contribution >= 4 is 45.8 Å². The fourth-order valence-electron chi connectivity index (χ4n) is 4.54. The van der Waals surface area contributed by atoms with Gasteiger partial charge in [-0.3, -0.25) is 9.59 Å². The van der Waals surface area contributed by atoms with Crippen LogP contribution < -0.4 is 16.0 Å². The molecule has 2 amide bonds. The number of anilines is 2. The number of carbonyl (C=O) groups excluding carboxylic acids is 2. The molecule has 2 heterocycles. The number of benzene rings is 2. The zero-order valence-electron chi connectivity index (χ0n) is 17.5. The van der Waals surface area contributed by atoms with Crippen molar-refractivity contribution in [3.05, 3.63) is 58.9 Å². The Hall–Kier alpha value is -3.19. The van der Waals surface area contributed by atoms with E-state index in [0.717, 1.165) is 35.1 Å². The highest BCUT2D eigenvalue weighted by Crippen LogP contribution is 2.32. The van der Waals surface area contributed by atoms with Crippen molar-refractivity contribution in [2.24, 2.45) is 0 Å². The molecule has 1 aromatic heterocycles. The SMILES string of the molecule is O=C1CC(C(=O)NCc2nc(NC3CCCC3)c3cc(Cl)ccc3n2)c2ccccc2N1. The second-order valence-corrected chi connectivity index (χ2v) is 8.82. The summed E-state index contributed by atoms with van der Waals surface area (Å²) < 4.78 is 0. The third-order valence-electron chi connectivity index (χ3n) is 6.14. The summed E-state index contributed by atoms with van der Waals surface area (Å²) in [6.07, 6.45) is 4.76. The highest BCUT2D eigenvalue weighted by Gasteiger charge is 2.30. The summed E-state index contributed by atoms with van der Waals surface area (Å²) in [5.41, 5.74) is 2.28. The van der Waals surface area contributed by atoms with Crippen molar-refractivity contribution in [2.75, 3.05) is 10.6 Å². The van der Waals surface area contributed by atoms with E-state index >= 15 is 0 Å². The lowest BCUT2D eigenvalue weighted by Gasteiger charge is -2.24. The maximum absolute atomic E-state index is 13.0. The Morgan fingerprint density at radius 2 is 1.94 bits per heavy atom. The van der Waals surface area contributed by atoms with E-state index in [0.29, 0.717) is 22.6 Å². The molecule has 7 nitrogen and oxygen atoms in total. The highest BCUT2D eigenvalue weighted by atomic mass is 35.5.